The smallest absolute Gasteiger partial charge is 0.140 e. The zero-order valence-electron chi connectivity index (χ0n) is 10.3. The first-order valence-corrected chi connectivity index (χ1v) is 6.19. The highest BCUT2D eigenvalue weighted by Gasteiger charge is 2.15. The lowest BCUT2D eigenvalue weighted by Gasteiger charge is -2.12. The van der Waals surface area contributed by atoms with E-state index in [1.54, 1.807) is 12.4 Å². The minimum atomic E-state index is 0.244. The first-order valence-electron chi connectivity index (χ1n) is 6.19. The van der Waals surface area contributed by atoms with Crippen molar-refractivity contribution in [1.82, 2.24) is 4.98 Å². The molecule has 2 nitrogen and oxygen atoms in total. The maximum Gasteiger partial charge on any atom is 0.140 e. The van der Waals surface area contributed by atoms with Gasteiger partial charge in [0.05, 0.1) is 0 Å². The monoisotopic (exact) mass is 219 g/mol. The van der Waals surface area contributed by atoms with Gasteiger partial charge in [-0.15, -0.1) is 0 Å². The molecule has 0 spiro atoms. The number of unbranched alkanes of at least 4 members (excludes halogenated alkanes) is 1. The summed E-state index contributed by atoms with van der Waals surface area (Å²) in [6, 6.07) is 3.84. The molecule has 1 aromatic rings. The highest BCUT2D eigenvalue weighted by atomic mass is 16.1. The standard InChI is InChI=1S/C14H21NO/c1-3-5-6-13(4-2)14(16)11-12-7-9-15-10-8-12/h7-10,13H,3-6,11H2,1-2H3. The molecule has 0 aliphatic heterocycles. The molecule has 88 valence electrons. The molecule has 0 bridgehead atoms. The highest BCUT2D eigenvalue weighted by Crippen LogP contribution is 2.16. The van der Waals surface area contributed by atoms with E-state index in [9.17, 15) is 4.79 Å². The average Bonchev–Trinajstić information content (AvgIpc) is 2.31. The number of ketones is 1. The van der Waals surface area contributed by atoms with Gasteiger partial charge in [0.25, 0.3) is 0 Å². The van der Waals surface area contributed by atoms with Crippen LogP contribution < -0.4 is 0 Å². The van der Waals surface area contributed by atoms with E-state index in [4.69, 9.17) is 0 Å². The molecule has 1 aromatic heterocycles. The Bertz CT molecular complexity index is 308. The molecule has 0 saturated carbocycles. The first kappa shape index (κ1) is 12.9. The molecule has 16 heavy (non-hydrogen) atoms. The average molecular weight is 219 g/mol. The number of Topliss-reactive ketones (excluding diaryl/α,β-unsaturated/α-hetero) is 1. The predicted octanol–water partition coefficient (Wildman–Crippen LogP) is 3.41. The third kappa shape index (κ3) is 4.13. The molecule has 0 aliphatic rings. The zero-order valence-corrected chi connectivity index (χ0v) is 10.3. The molecule has 0 saturated heterocycles. The molecular weight excluding hydrogens is 198 g/mol. The van der Waals surface area contributed by atoms with Crippen molar-refractivity contribution in [2.45, 2.75) is 46.0 Å². The minimum Gasteiger partial charge on any atom is -0.299 e. The number of pyridine rings is 1. The van der Waals surface area contributed by atoms with Crippen LogP contribution in [0.5, 0.6) is 0 Å². The van der Waals surface area contributed by atoms with Crippen LogP contribution in [0.25, 0.3) is 0 Å². The van der Waals surface area contributed by atoms with Crippen LogP contribution in [0.1, 0.15) is 45.1 Å². The van der Waals surface area contributed by atoms with E-state index in [2.05, 4.69) is 18.8 Å². The minimum absolute atomic E-state index is 0.244. The Kier molecular flexibility index (Phi) is 5.76. The Morgan fingerprint density at radius 3 is 2.56 bits per heavy atom. The van der Waals surface area contributed by atoms with Gasteiger partial charge in [-0.2, -0.15) is 0 Å². The van der Waals surface area contributed by atoms with Gasteiger partial charge >= 0.3 is 0 Å². The van der Waals surface area contributed by atoms with Crippen LogP contribution in [0.4, 0.5) is 0 Å². The van der Waals surface area contributed by atoms with E-state index in [-0.39, 0.29) is 5.92 Å². The number of hydrogen-bond acceptors (Lipinski definition) is 2. The van der Waals surface area contributed by atoms with Gasteiger partial charge in [0.1, 0.15) is 5.78 Å². The van der Waals surface area contributed by atoms with E-state index in [1.807, 2.05) is 12.1 Å². The summed E-state index contributed by atoms with van der Waals surface area (Å²) in [5.74, 6) is 0.621. The molecule has 2 heteroatoms. The second kappa shape index (κ2) is 7.15. The third-order valence-electron chi connectivity index (χ3n) is 2.98. The molecule has 1 heterocycles. The topological polar surface area (TPSA) is 30.0 Å². The highest BCUT2D eigenvalue weighted by molar-refractivity contribution is 5.83. The van der Waals surface area contributed by atoms with Gasteiger partial charge in [0, 0.05) is 24.7 Å². The predicted molar refractivity (Wildman–Crippen MR) is 66.3 cm³/mol. The summed E-state index contributed by atoms with van der Waals surface area (Å²) in [7, 11) is 0. The van der Waals surface area contributed by atoms with Gasteiger partial charge < -0.3 is 0 Å². The Hall–Kier alpha value is -1.18. The van der Waals surface area contributed by atoms with E-state index in [1.165, 1.54) is 6.42 Å². The van der Waals surface area contributed by atoms with Crippen LogP contribution in [0.3, 0.4) is 0 Å². The molecular formula is C14H21NO. The van der Waals surface area contributed by atoms with E-state index in [0.29, 0.717) is 12.2 Å². The van der Waals surface area contributed by atoms with Crippen LogP contribution in [-0.4, -0.2) is 10.8 Å². The molecule has 0 radical (unpaired) electrons. The van der Waals surface area contributed by atoms with Gasteiger partial charge in [-0.25, -0.2) is 0 Å². The molecule has 1 rings (SSSR count). The molecule has 1 unspecified atom stereocenters. The number of nitrogens with zero attached hydrogens (tertiary/aromatic N) is 1. The summed E-state index contributed by atoms with van der Waals surface area (Å²) >= 11 is 0. The van der Waals surface area contributed by atoms with Crippen molar-refractivity contribution in [3.63, 3.8) is 0 Å². The van der Waals surface area contributed by atoms with Crippen molar-refractivity contribution in [3.8, 4) is 0 Å². The maximum absolute atomic E-state index is 12.0. The lowest BCUT2D eigenvalue weighted by Crippen LogP contribution is -2.16. The fourth-order valence-corrected chi connectivity index (χ4v) is 1.89. The summed E-state index contributed by atoms with van der Waals surface area (Å²) in [5.41, 5.74) is 1.08. The summed E-state index contributed by atoms with van der Waals surface area (Å²) < 4.78 is 0. The molecule has 0 aliphatic carbocycles. The summed E-state index contributed by atoms with van der Waals surface area (Å²) in [6.45, 7) is 4.27. The Morgan fingerprint density at radius 1 is 1.31 bits per heavy atom. The van der Waals surface area contributed by atoms with Crippen molar-refractivity contribution >= 4 is 5.78 Å². The van der Waals surface area contributed by atoms with Crippen molar-refractivity contribution in [3.05, 3.63) is 30.1 Å². The van der Waals surface area contributed by atoms with Gasteiger partial charge in [-0.05, 0) is 30.5 Å². The maximum atomic E-state index is 12.0. The van der Waals surface area contributed by atoms with Crippen molar-refractivity contribution in [2.75, 3.05) is 0 Å². The van der Waals surface area contributed by atoms with Crippen molar-refractivity contribution in [1.29, 1.82) is 0 Å². The summed E-state index contributed by atoms with van der Waals surface area (Å²) in [4.78, 5) is 16.0. The summed E-state index contributed by atoms with van der Waals surface area (Å²) in [5, 5.41) is 0. The lowest BCUT2D eigenvalue weighted by atomic mass is 9.91. The fraction of sp³-hybridized carbons (Fsp3) is 0.571. The fourth-order valence-electron chi connectivity index (χ4n) is 1.89. The molecule has 0 amide bonds. The van der Waals surface area contributed by atoms with Crippen LogP contribution >= 0.6 is 0 Å². The number of aromatic nitrogens is 1. The summed E-state index contributed by atoms with van der Waals surface area (Å²) in [6.07, 6.45) is 8.37. The van der Waals surface area contributed by atoms with Crippen LogP contribution in [0.15, 0.2) is 24.5 Å². The van der Waals surface area contributed by atoms with Crippen molar-refractivity contribution in [2.24, 2.45) is 5.92 Å². The molecule has 1 atom stereocenters. The first-order chi connectivity index (χ1) is 7.77. The number of carbonyl (C=O) groups excluding carboxylic acids is 1. The van der Waals surface area contributed by atoms with E-state index in [0.717, 1.165) is 24.8 Å². The van der Waals surface area contributed by atoms with Gasteiger partial charge in [0.2, 0.25) is 0 Å². The SMILES string of the molecule is CCCCC(CC)C(=O)Cc1ccncc1. The number of hydrogen-bond donors (Lipinski definition) is 0. The second-order valence-corrected chi connectivity index (χ2v) is 4.25. The van der Waals surface area contributed by atoms with Crippen molar-refractivity contribution < 1.29 is 4.79 Å². The lowest BCUT2D eigenvalue weighted by molar-refractivity contribution is -0.122. The van der Waals surface area contributed by atoms with Gasteiger partial charge in [0.15, 0.2) is 0 Å². The second-order valence-electron chi connectivity index (χ2n) is 4.25. The third-order valence-corrected chi connectivity index (χ3v) is 2.98. The van der Waals surface area contributed by atoms with Crippen LogP contribution in [0, 0.1) is 5.92 Å². The van der Waals surface area contributed by atoms with E-state index < -0.39 is 0 Å². The number of carbonyl (C=O) groups is 1. The van der Waals surface area contributed by atoms with Crippen LogP contribution in [0.2, 0.25) is 0 Å². The van der Waals surface area contributed by atoms with Crippen LogP contribution in [-0.2, 0) is 11.2 Å². The molecule has 0 N–H and O–H groups in total. The Labute approximate surface area is 98.1 Å². The quantitative estimate of drug-likeness (QED) is 0.703. The molecule has 0 fully saturated rings. The number of rotatable bonds is 7. The Morgan fingerprint density at radius 2 is 2.00 bits per heavy atom. The normalized spacial score (nSPS) is 12.4. The Balaban J connectivity index is 2.49. The van der Waals surface area contributed by atoms with E-state index >= 15 is 0 Å². The van der Waals surface area contributed by atoms with Gasteiger partial charge in [-0.3, -0.25) is 9.78 Å². The largest absolute Gasteiger partial charge is 0.299 e. The zero-order chi connectivity index (χ0) is 11.8. The molecule has 0 aromatic carbocycles. The van der Waals surface area contributed by atoms with Gasteiger partial charge in [-0.1, -0.05) is 26.7 Å².